The smallest absolute Gasteiger partial charge is 0.193 e. The fraction of sp³-hybridized carbons (Fsp3) is 0.444. The molecule has 144 valence electrons. The number of rotatable bonds is 7. The summed E-state index contributed by atoms with van der Waals surface area (Å²) in [4.78, 5) is 11.0. The summed E-state index contributed by atoms with van der Waals surface area (Å²) in [6, 6.07) is 7.92. The Morgan fingerprint density at radius 3 is 2.69 bits per heavy atom. The third-order valence-electron chi connectivity index (χ3n) is 3.85. The van der Waals surface area contributed by atoms with Gasteiger partial charge in [-0.1, -0.05) is 23.7 Å². The number of thiazole rings is 1. The van der Waals surface area contributed by atoms with Gasteiger partial charge in [-0.15, -0.1) is 35.3 Å². The van der Waals surface area contributed by atoms with Crippen LogP contribution in [0.2, 0.25) is 5.02 Å². The minimum Gasteiger partial charge on any atom is -0.375 e. The Morgan fingerprint density at radius 1 is 1.38 bits per heavy atom. The van der Waals surface area contributed by atoms with Gasteiger partial charge in [0.25, 0.3) is 0 Å². The average Bonchev–Trinajstić information content (AvgIpc) is 3.08. The highest BCUT2D eigenvalue weighted by Gasteiger charge is 2.12. The second-order valence-corrected chi connectivity index (χ2v) is 7.09. The van der Waals surface area contributed by atoms with Crippen molar-refractivity contribution in [3.05, 3.63) is 50.9 Å². The van der Waals surface area contributed by atoms with Crippen molar-refractivity contribution < 1.29 is 4.74 Å². The van der Waals surface area contributed by atoms with Gasteiger partial charge in [0.1, 0.15) is 11.1 Å². The number of hydrogen-bond acceptors (Lipinski definition) is 4. The second kappa shape index (κ2) is 11.7. The summed E-state index contributed by atoms with van der Waals surface area (Å²) < 4.78 is 5.32. The summed E-state index contributed by atoms with van der Waals surface area (Å²) in [5, 5.41) is 7.22. The maximum absolute atomic E-state index is 5.91. The van der Waals surface area contributed by atoms with Gasteiger partial charge in [-0.3, -0.25) is 4.99 Å². The minimum atomic E-state index is 0. The molecule has 1 atom stereocenters. The van der Waals surface area contributed by atoms with Gasteiger partial charge >= 0.3 is 0 Å². The molecule has 0 saturated carbocycles. The molecule has 0 spiro atoms. The number of nitrogens with zero attached hydrogens (tertiary/aromatic N) is 3. The quantitative estimate of drug-likeness (QED) is 0.343. The van der Waals surface area contributed by atoms with Crippen LogP contribution in [-0.4, -0.2) is 43.6 Å². The number of halogens is 2. The molecule has 0 amide bonds. The first-order chi connectivity index (χ1) is 12.0. The number of aliphatic imine (C=N–C) groups is 1. The lowest BCUT2D eigenvalue weighted by molar-refractivity contribution is 0.119. The van der Waals surface area contributed by atoms with Crippen molar-refractivity contribution in [1.29, 1.82) is 0 Å². The number of methoxy groups -OCH3 is 1. The Bertz CT molecular complexity index is 693. The highest BCUT2D eigenvalue weighted by Crippen LogP contribution is 2.20. The van der Waals surface area contributed by atoms with Crippen LogP contribution < -0.4 is 5.32 Å². The van der Waals surface area contributed by atoms with Crippen LogP contribution in [0.25, 0.3) is 0 Å². The molecule has 0 aliphatic heterocycles. The standard InChI is InChI=1S/C18H25ClN4OS.HI/c1-13(24-4)17-22-16(12-25-17)11-23(3)18(20-2)21-10-9-14-5-7-15(19)8-6-14;/h5-8,12-13H,9-11H2,1-4H3,(H,20,21);1H. The molecule has 2 rings (SSSR count). The predicted molar refractivity (Wildman–Crippen MR) is 121 cm³/mol. The summed E-state index contributed by atoms with van der Waals surface area (Å²) >= 11 is 7.54. The monoisotopic (exact) mass is 508 g/mol. The molecule has 0 fully saturated rings. The first kappa shape index (κ1) is 23.1. The summed E-state index contributed by atoms with van der Waals surface area (Å²) in [5.41, 5.74) is 2.26. The van der Waals surface area contributed by atoms with Crippen molar-refractivity contribution in [2.45, 2.75) is 26.0 Å². The van der Waals surface area contributed by atoms with E-state index in [0.717, 1.165) is 34.6 Å². The number of nitrogens with one attached hydrogen (secondary N) is 1. The second-order valence-electron chi connectivity index (χ2n) is 5.76. The molecular weight excluding hydrogens is 483 g/mol. The first-order valence-corrected chi connectivity index (χ1v) is 9.42. The molecule has 2 aromatic rings. The van der Waals surface area contributed by atoms with Crippen molar-refractivity contribution in [2.24, 2.45) is 4.99 Å². The molecule has 0 saturated heterocycles. The van der Waals surface area contributed by atoms with Gasteiger partial charge < -0.3 is 15.0 Å². The van der Waals surface area contributed by atoms with E-state index in [1.54, 1.807) is 25.5 Å². The van der Waals surface area contributed by atoms with Crippen LogP contribution in [0, 0.1) is 0 Å². The summed E-state index contributed by atoms with van der Waals surface area (Å²) in [6.07, 6.45) is 0.942. The Kier molecular flexibility index (Phi) is 10.4. The summed E-state index contributed by atoms with van der Waals surface area (Å²) in [7, 11) is 5.50. The van der Waals surface area contributed by atoms with Crippen LogP contribution in [0.1, 0.15) is 29.3 Å². The lowest BCUT2D eigenvalue weighted by Gasteiger charge is -2.21. The van der Waals surface area contributed by atoms with Gasteiger partial charge in [-0.25, -0.2) is 4.98 Å². The molecule has 1 N–H and O–H groups in total. The van der Waals surface area contributed by atoms with E-state index in [-0.39, 0.29) is 30.1 Å². The van der Waals surface area contributed by atoms with E-state index in [9.17, 15) is 0 Å². The number of aromatic nitrogens is 1. The van der Waals surface area contributed by atoms with E-state index in [0.29, 0.717) is 6.54 Å². The van der Waals surface area contributed by atoms with Crippen molar-refractivity contribution in [1.82, 2.24) is 15.2 Å². The predicted octanol–water partition coefficient (Wildman–Crippen LogP) is 4.37. The van der Waals surface area contributed by atoms with Crippen molar-refractivity contribution >= 4 is 52.9 Å². The largest absolute Gasteiger partial charge is 0.375 e. The zero-order chi connectivity index (χ0) is 18.2. The van der Waals surface area contributed by atoms with E-state index in [1.807, 2.05) is 38.2 Å². The SMILES string of the molecule is CN=C(NCCc1ccc(Cl)cc1)N(C)Cc1csc(C(C)OC)n1.I. The summed E-state index contributed by atoms with van der Waals surface area (Å²) in [6.45, 7) is 3.51. The summed E-state index contributed by atoms with van der Waals surface area (Å²) in [5.74, 6) is 0.850. The van der Waals surface area contributed by atoms with Gasteiger partial charge in [0.15, 0.2) is 5.96 Å². The maximum Gasteiger partial charge on any atom is 0.193 e. The highest BCUT2D eigenvalue weighted by atomic mass is 127. The van der Waals surface area contributed by atoms with Gasteiger partial charge in [0, 0.05) is 38.2 Å². The Labute approximate surface area is 181 Å². The molecule has 5 nitrogen and oxygen atoms in total. The number of hydrogen-bond donors (Lipinski definition) is 1. The molecule has 0 aliphatic carbocycles. The molecule has 26 heavy (non-hydrogen) atoms. The molecule has 1 aromatic carbocycles. The lowest BCUT2D eigenvalue weighted by atomic mass is 10.1. The van der Waals surface area contributed by atoms with Crippen LogP contribution in [0.15, 0.2) is 34.6 Å². The van der Waals surface area contributed by atoms with Crippen molar-refractivity contribution in [3.63, 3.8) is 0 Å². The maximum atomic E-state index is 5.91. The van der Waals surface area contributed by atoms with Crippen LogP contribution >= 0.6 is 46.9 Å². The third kappa shape index (κ3) is 7.02. The highest BCUT2D eigenvalue weighted by molar-refractivity contribution is 14.0. The van der Waals surface area contributed by atoms with Crippen LogP contribution in [0.3, 0.4) is 0 Å². The van der Waals surface area contributed by atoms with Gasteiger partial charge in [-0.05, 0) is 31.0 Å². The molecular formula is C18H26ClIN4OS. The number of guanidine groups is 1. The van der Waals surface area contributed by atoms with E-state index < -0.39 is 0 Å². The topological polar surface area (TPSA) is 49.8 Å². The van der Waals surface area contributed by atoms with Crippen LogP contribution in [0.5, 0.6) is 0 Å². The van der Waals surface area contributed by atoms with E-state index in [1.165, 1.54) is 5.56 Å². The Hall–Kier alpha value is -0.900. The van der Waals surface area contributed by atoms with Gasteiger partial charge in [0.2, 0.25) is 0 Å². The van der Waals surface area contributed by atoms with Gasteiger partial charge in [-0.2, -0.15) is 0 Å². The third-order valence-corrected chi connectivity index (χ3v) is 5.16. The molecule has 1 aromatic heterocycles. The minimum absolute atomic E-state index is 0. The molecule has 1 unspecified atom stereocenters. The molecule has 1 heterocycles. The molecule has 0 aliphatic rings. The molecule has 8 heteroatoms. The molecule has 0 radical (unpaired) electrons. The van der Waals surface area contributed by atoms with Crippen LogP contribution in [0.4, 0.5) is 0 Å². The fourth-order valence-corrected chi connectivity index (χ4v) is 3.32. The number of ether oxygens (including phenoxy) is 1. The lowest BCUT2D eigenvalue weighted by Crippen LogP contribution is -2.39. The average molecular weight is 509 g/mol. The fourth-order valence-electron chi connectivity index (χ4n) is 2.36. The molecule has 0 bridgehead atoms. The first-order valence-electron chi connectivity index (χ1n) is 8.16. The van der Waals surface area contributed by atoms with Crippen LogP contribution in [-0.2, 0) is 17.7 Å². The zero-order valence-electron chi connectivity index (χ0n) is 15.5. The van der Waals surface area contributed by atoms with Gasteiger partial charge in [0.05, 0.1) is 12.2 Å². The van der Waals surface area contributed by atoms with Crippen molar-refractivity contribution in [2.75, 3.05) is 27.7 Å². The normalized spacial score (nSPS) is 12.4. The Morgan fingerprint density at radius 2 is 2.08 bits per heavy atom. The van der Waals surface area contributed by atoms with E-state index >= 15 is 0 Å². The van der Waals surface area contributed by atoms with E-state index in [4.69, 9.17) is 16.3 Å². The van der Waals surface area contributed by atoms with E-state index in [2.05, 4.69) is 25.6 Å². The zero-order valence-corrected chi connectivity index (χ0v) is 19.4. The number of benzene rings is 1. The van der Waals surface area contributed by atoms with Crippen molar-refractivity contribution in [3.8, 4) is 0 Å². The Balaban J connectivity index is 0.00000338.